The standard InChI is InChI=1S/C14H16N2O4/c1-6-3-4-15-13-8(6)5-9(14(19)16-13)12-11(18)10(17)7(2)20-12/h3-5,7,10-12,17-18H,1-2H3,(H,15,16,19)/t7-,10?,11+,12+/m1/s1. The summed E-state index contributed by atoms with van der Waals surface area (Å²) in [6.07, 6.45) is -1.77. The van der Waals surface area contributed by atoms with Gasteiger partial charge >= 0.3 is 0 Å². The molecule has 6 nitrogen and oxygen atoms in total. The molecule has 0 aromatic rings. The molecule has 106 valence electrons. The van der Waals surface area contributed by atoms with Gasteiger partial charge in [-0.2, -0.15) is 4.98 Å². The Bertz CT molecular complexity index is 669. The lowest BCUT2D eigenvalue weighted by Crippen LogP contribution is -2.30. The third-order valence-corrected chi connectivity index (χ3v) is 3.80. The van der Waals surface area contributed by atoms with Crippen molar-refractivity contribution in [3.8, 4) is 11.4 Å². The first-order chi connectivity index (χ1) is 9.49. The molecule has 20 heavy (non-hydrogen) atoms. The summed E-state index contributed by atoms with van der Waals surface area (Å²) in [6.45, 7) is 3.57. The first-order valence-corrected chi connectivity index (χ1v) is 6.49. The molecule has 1 saturated heterocycles. The summed E-state index contributed by atoms with van der Waals surface area (Å²) >= 11 is 0. The number of hydrogen-bond acceptors (Lipinski definition) is 5. The first-order valence-electron chi connectivity index (χ1n) is 6.49. The van der Waals surface area contributed by atoms with E-state index in [9.17, 15) is 15.0 Å². The summed E-state index contributed by atoms with van der Waals surface area (Å²) in [5, 5.41) is 19.8. The number of H-pyrrole nitrogens is 1. The second kappa shape index (κ2) is 4.66. The number of fused-ring (bicyclic) bond motifs is 1. The molecular formula is C14H16N2O4. The monoisotopic (exact) mass is 276 g/mol. The highest BCUT2D eigenvalue weighted by molar-refractivity contribution is 5.61. The fourth-order valence-corrected chi connectivity index (χ4v) is 2.57. The van der Waals surface area contributed by atoms with Crippen molar-refractivity contribution >= 4 is 0 Å². The smallest absolute Gasteiger partial charge is 0.277 e. The normalized spacial score (nSPS) is 30.0. The van der Waals surface area contributed by atoms with Gasteiger partial charge in [0.25, 0.3) is 5.56 Å². The van der Waals surface area contributed by atoms with E-state index in [0.29, 0.717) is 5.82 Å². The van der Waals surface area contributed by atoms with Crippen LogP contribution in [0, 0.1) is 6.92 Å². The molecule has 0 aromatic carbocycles. The first kappa shape index (κ1) is 13.2. The minimum absolute atomic E-state index is 0.274. The predicted octanol–water partition coefficient (Wildman–Crippen LogP) is 0.365. The zero-order valence-corrected chi connectivity index (χ0v) is 11.2. The minimum Gasteiger partial charge on any atom is -0.388 e. The Morgan fingerprint density at radius 1 is 1.35 bits per heavy atom. The van der Waals surface area contributed by atoms with Crippen LogP contribution in [0.3, 0.4) is 0 Å². The summed E-state index contributed by atoms with van der Waals surface area (Å²) in [5.74, 6) is 0.500. The maximum atomic E-state index is 12.1. The van der Waals surface area contributed by atoms with Crippen molar-refractivity contribution in [2.45, 2.75) is 38.3 Å². The molecule has 0 aliphatic carbocycles. The van der Waals surface area contributed by atoms with E-state index in [4.69, 9.17) is 4.74 Å². The summed E-state index contributed by atoms with van der Waals surface area (Å²) in [7, 11) is 0. The second-order valence-electron chi connectivity index (χ2n) is 5.18. The van der Waals surface area contributed by atoms with Crippen molar-refractivity contribution in [2.75, 3.05) is 0 Å². The number of aliphatic hydroxyl groups excluding tert-OH is 2. The van der Waals surface area contributed by atoms with Gasteiger partial charge < -0.3 is 19.9 Å². The van der Waals surface area contributed by atoms with Crippen molar-refractivity contribution in [3.63, 3.8) is 0 Å². The van der Waals surface area contributed by atoms with Gasteiger partial charge in [-0.25, -0.2) is 0 Å². The Morgan fingerprint density at radius 3 is 2.75 bits per heavy atom. The van der Waals surface area contributed by atoms with Crippen LogP contribution in [-0.2, 0) is 4.74 Å². The average molecular weight is 276 g/mol. The van der Waals surface area contributed by atoms with E-state index in [1.54, 1.807) is 19.2 Å². The number of aryl methyl sites for hydroxylation is 1. The van der Waals surface area contributed by atoms with Gasteiger partial charge in [0.15, 0.2) is 0 Å². The summed E-state index contributed by atoms with van der Waals surface area (Å²) in [4.78, 5) is 19.0. The highest BCUT2D eigenvalue weighted by Gasteiger charge is 2.42. The van der Waals surface area contributed by atoms with Gasteiger partial charge in [-0.05, 0) is 31.5 Å². The molecule has 0 saturated carbocycles. The fraction of sp³-hybridized carbons (Fsp3) is 0.429. The van der Waals surface area contributed by atoms with Crippen LogP contribution in [-0.4, -0.2) is 38.5 Å². The third kappa shape index (κ3) is 1.93. The summed E-state index contributed by atoms with van der Waals surface area (Å²) < 4.78 is 5.49. The Kier molecular flexibility index (Phi) is 3.08. The molecule has 0 bridgehead atoms. The van der Waals surface area contributed by atoms with Gasteiger partial charge in [0.05, 0.1) is 11.7 Å². The molecule has 0 spiro atoms. The quantitative estimate of drug-likeness (QED) is 0.699. The van der Waals surface area contributed by atoms with Crippen molar-refractivity contribution < 1.29 is 14.9 Å². The highest BCUT2D eigenvalue weighted by atomic mass is 16.5. The van der Waals surface area contributed by atoms with Crippen LogP contribution >= 0.6 is 0 Å². The molecule has 3 heterocycles. The van der Waals surface area contributed by atoms with Crippen molar-refractivity contribution in [2.24, 2.45) is 0 Å². The van der Waals surface area contributed by atoms with Crippen LogP contribution in [0.1, 0.15) is 24.2 Å². The topological polar surface area (TPSA) is 95.4 Å². The number of rotatable bonds is 1. The van der Waals surface area contributed by atoms with Gasteiger partial charge in [-0.1, -0.05) is 0 Å². The van der Waals surface area contributed by atoms with E-state index in [1.165, 1.54) is 0 Å². The lowest BCUT2D eigenvalue weighted by atomic mass is 9.99. The van der Waals surface area contributed by atoms with Crippen molar-refractivity contribution in [1.29, 1.82) is 0 Å². The van der Waals surface area contributed by atoms with E-state index in [-0.39, 0.29) is 5.56 Å². The molecular weight excluding hydrogens is 260 g/mol. The zero-order chi connectivity index (χ0) is 14.4. The summed E-state index contributed by atoms with van der Waals surface area (Å²) in [5.41, 5.74) is 1.58. The Hall–Kier alpha value is -1.76. The maximum Gasteiger partial charge on any atom is 0.277 e. The molecule has 3 aliphatic rings. The molecule has 3 rings (SSSR count). The van der Waals surface area contributed by atoms with E-state index < -0.39 is 30.0 Å². The van der Waals surface area contributed by atoms with Crippen LogP contribution in [0.25, 0.3) is 11.4 Å². The molecule has 0 radical (unpaired) electrons. The molecule has 0 aromatic heterocycles. The van der Waals surface area contributed by atoms with Crippen LogP contribution in [0.15, 0.2) is 23.1 Å². The summed E-state index contributed by atoms with van der Waals surface area (Å²) in [6, 6.07) is 3.55. The largest absolute Gasteiger partial charge is 0.388 e. The van der Waals surface area contributed by atoms with E-state index in [0.717, 1.165) is 11.1 Å². The SMILES string of the molecule is Cc1cc[nH]c2nc(=O)c([C@@H]3O[C@H](C)C(O)[C@@H]3O)cc1-2. The molecule has 4 atom stereocenters. The van der Waals surface area contributed by atoms with E-state index in [1.807, 2.05) is 13.0 Å². The van der Waals surface area contributed by atoms with Gasteiger partial charge in [0, 0.05) is 11.8 Å². The Labute approximate surface area is 115 Å². The second-order valence-corrected chi connectivity index (χ2v) is 5.18. The van der Waals surface area contributed by atoms with E-state index in [2.05, 4.69) is 9.97 Å². The average Bonchev–Trinajstić information content (AvgIpc) is 2.66. The molecule has 3 N–H and O–H groups in total. The van der Waals surface area contributed by atoms with Gasteiger partial charge in [-0.15, -0.1) is 0 Å². The molecule has 1 unspecified atom stereocenters. The highest BCUT2D eigenvalue weighted by Crippen LogP contribution is 2.33. The molecule has 1 fully saturated rings. The lowest BCUT2D eigenvalue weighted by Gasteiger charge is -2.16. The molecule has 6 heteroatoms. The van der Waals surface area contributed by atoms with Gasteiger partial charge in [0.2, 0.25) is 0 Å². The Morgan fingerprint density at radius 2 is 2.10 bits per heavy atom. The number of ether oxygens (including phenoxy) is 1. The van der Waals surface area contributed by atoms with Gasteiger partial charge in [-0.3, -0.25) is 4.79 Å². The Balaban J connectivity index is 2.14. The van der Waals surface area contributed by atoms with Crippen LogP contribution in [0.5, 0.6) is 0 Å². The maximum absolute atomic E-state index is 12.1. The van der Waals surface area contributed by atoms with E-state index >= 15 is 0 Å². The molecule has 3 aliphatic heterocycles. The number of nitrogens with one attached hydrogen (secondary N) is 1. The number of nitrogens with zero attached hydrogens (tertiary/aromatic N) is 1. The minimum atomic E-state index is -1.12. The number of aromatic nitrogens is 2. The van der Waals surface area contributed by atoms with Crippen molar-refractivity contribution in [3.05, 3.63) is 39.8 Å². The number of aromatic amines is 1. The predicted molar refractivity (Wildman–Crippen MR) is 71.5 cm³/mol. The lowest BCUT2D eigenvalue weighted by molar-refractivity contribution is 0.0143. The fourth-order valence-electron chi connectivity index (χ4n) is 2.57. The zero-order valence-electron chi connectivity index (χ0n) is 11.2. The van der Waals surface area contributed by atoms with Crippen LogP contribution in [0.4, 0.5) is 0 Å². The van der Waals surface area contributed by atoms with Crippen LogP contribution < -0.4 is 5.56 Å². The number of hydrogen-bond donors (Lipinski definition) is 3. The molecule has 0 amide bonds. The van der Waals surface area contributed by atoms with Crippen LogP contribution in [0.2, 0.25) is 0 Å². The van der Waals surface area contributed by atoms with Crippen molar-refractivity contribution in [1.82, 2.24) is 9.97 Å². The third-order valence-electron chi connectivity index (χ3n) is 3.80. The van der Waals surface area contributed by atoms with Gasteiger partial charge in [0.1, 0.15) is 24.1 Å². The number of aliphatic hydroxyl groups is 2. The number of pyridine rings is 2.